The molecule has 92 valence electrons. The Kier molecular flexibility index (Phi) is 2.87. The van der Waals surface area contributed by atoms with E-state index in [4.69, 9.17) is 4.11 Å². The molecule has 2 heteroatoms. The Labute approximate surface area is 120 Å². The number of aromatic nitrogens is 1. The van der Waals surface area contributed by atoms with Crippen LogP contribution in [-0.2, 0) is 0 Å². The van der Waals surface area contributed by atoms with Gasteiger partial charge in [-0.15, -0.1) is 0 Å². The predicted molar refractivity (Wildman–Crippen MR) is 79.5 cm³/mol. The summed E-state index contributed by atoms with van der Waals surface area (Å²) in [6.45, 7) is 4.38. The molecule has 0 amide bonds. The van der Waals surface area contributed by atoms with Crippen molar-refractivity contribution in [3.8, 4) is 11.3 Å². The van der Waals surface area contributed by atoms with Crippen LogP contribution >= 0.6 is 0 Å². The molecular weight excluding hydrogens is 279 g/mol. The van der Waals surface area contributed by atoms with Gasteiger partial charge in [0.05, 0.1) is 0 Å². The van der Waals surface area contributed by atoms with Crippen LogP contribution < -0.4 is 4.40 Å². The van der Waals surface area contributed by atoms with Crippen molar-refractivity contribution >= 4 is 19.8 Å². The Morgan fingerprint density at radius 1 is 1.17 bits per heavy atom. The molecule has 0 bridgehead atoms. The predicted octanol–water partition coefficient (Wildman–Crippen LogP) is 3.60. The third-order valence-corrected chi connectivity index (χ3v) is 5.46. The molecule has 0 atom stereocenters. The summed E-state index contributed by atoms with van der Waals surface area (Å²) in [6.07, 6.45) is 1.77. The molecule has 0 aliphatic carbocycles. The molecule has 0 unspecified atom stereocenters. The standard InChI is InChI=1S/C16H19GeN/c1-12-10-15(13-8-6-5-7-9-13)18-11-14(12)17-16(2,3)4/h5-11H,1-4H3/i1D3. The number of rotatable bonds is 2. The molecule has 0 saturated carbocycles. The molecule has 0 saturated heterocycles. The second kappa shape index (κ2) is 5.27. The van der Waals surface area contributed by atoms with Gasteiger partial charge in [-0.2, -0.15) is 0 Å². The van der Waals surface area contributed by atoms with E-state index in [1.807, 2.05) is 30.3 Å². The van der Waals surface area contributed by atoms with E-state index in [9.17, 15) is 0 Å². The fourth-order valence-electron chi connectivity index (χ4n) is 1.73. The van der Waals surface area contributed by atoms with Gasteiger partial charge in [0.1, 0.15) is 0 Å². The molecular formula is C16H19GeN. The molecule has 18 heavy (non-hydrogen) atoms. The first-order valence-corrected chi connectivity index (χ1v) is 8.11. The Morgan fingerprint density at radius 3 is 2.50 bits per heavy atom. The molecule has 2 aromatic rings. The Morgan fingerprint density at radius 2 is 1.89 bits per heavy atom. The van der Waals surface area contributed by atoms with E-state index >= 15 is 0 Å². The van der Waals surface area contributed by atoms with Gasteiger partial charge in [0.2, 0.25) is 0 Å². The van der Waals surface area contributed by atoms with Crippen LogP contribution in [0.4, 0.5) is 0 Å². The number of hydrogen-bond acceptors (Lipinski definition) is 1. The van der Waals surface area contributed by atoms with E-state index in [1.54, 1.807) is 12.3 Å². The Bertz CT molecular complexity index is 616. The number of aryl methyl sites for hydroxylation is 1. The zero-order chi connectivity index (χ0) is 15.7. The summed E-state index contributed by atoms with van der Waals surface area (Å²) >= 11 is -0.560. The van der Waals surface area contributed by atoms with Crippen molar-refractivity contribution in [3.63, 3.8) is 0 Å². The molecule has 1 aromatic heterocycles. The van der Waals surface area contributed by atoms with Gasteiger partial charge < -0.3 is 0 Å². The summed E-state index contributed by atoms with van der Waals surface area (Å²) < 4.78 is 24.5. The van der Waals surface area contributed by atoms with Gasteiger partial charge in [-0.25, -0.2) is 0 Å². The topological polar surface area (TPSA) is 12.9 Å². The first kappa shape index (κ1) is 9.79. The van der Waals surface area contributed by atoms with Crippen molar-refractivity contribution in [2.24, 2.45) is 0 Å². The monoisotopic (exact) mass is 302 g/mol. The minimum absolute atomic E-state index is 0.149. The average Bonchev–Trinajstić information content (AvgIpc) is 2.37. The summed E-state index contributed by atoms with van der Waals surface area (Å²) in [5.41, 5.74) is 2.14. The first-order chi connectivity index (χ1) is 9.67. The number of pyridine rings is 1. The van der Waals surface area contributed by atoms with Crippen molar-refractivity contribution in [3.05, 3.63) is 48.2 Å². The number of benzene rings is 1. The van der Waals surface area contributed by atoms with E-state index in [-0.39, 0.29) is 4.25 Å². The second-order valence-corrected chi connectivity index (χ2v) is 10.2. The molecule has 0 spiro atoms. The Hall–Kier alpha value is -1.09. The van der Waals surface area contributed by atoms with E-state index in [1.165, 1.54) is 0 Å². The van der Waals surface area contributed by atoms with Crippen molar-refractivity contribution in [1.82, 2.24) is 4.98 Å². The van der Waals surface area contributed by atoms with Gasteiger partial charge in [0.15, 0.2) is 0 Å². The zero-order valence-electron chi connectivity index (χ0n) is 14.0. The fraction of sp³-hybridized carbons (Fsp3) is 0.312. The van der Waals surface area contributed by atoms with Gasteiger partial charge in [-0.1, -0.05) is 0 Å². The second-order valence-electron chi connectivity index (χ2n) is 5.36. The van der Waals surface area contributed by atoms with Crippen LogP contribution in [0.25, 0.3) is 11.3 Å². The van der Waals surface area contributed by atoms with Crippen LogP contribution in [0.1, 0.15) is 30.4 Å². The third kappa shape index (κ3) is 3.45. The summed E-state index contributed by atoms with van der Waals surface area (Å²) in [5, 5.41) is 0. The molecule has 0 N–H and O–H groups in total. The van der Waals surface area contributed by atoms with Crippen LogP contribution in [0, 0.1) is 6.85 Å². The third-order valence-electron chi connectivity index (χ3n) is 2.48. The van der Waals surface area contributed by atoms with Gasteiger partial charge in [-0.05, 0) is 0 Å². The quantitative estimate of drug-likeness (QED) is 0.772. The van der Waals surface area contributed by atoms with E-state index in [0.29, 0.717) is 5.56 Å². The normalized spacial score (nSPS) is 14.7. The molecule has 1 aromatic carbocycles. The van der Waals surface area contributed by atoms with Crippen LogP contribution in [0.2, 0.25) is 4.25 Å². The van der Waals surface area contributed by atoms with Crippen LogP contribution in [0.15, 0.2) is 42.6 Å². The van der Waals surface area contributed by atoms with Gasteiger partial charge in [0.25, 0.3) is 0 Å². The first-order valence-electron chi connectivity index (χ1n) is 7.51. The molecule has 0 aliphatic rings. The average molecular weight is 301 g/mol. The van der Waals surface area contributed by atoms with E-state index < -0.39 is 22.3 Å². The zero-order valence-corrected chi connectivity index (χ0v) is 13.1. The summed E-state index contributed by atoms with van der Waals surface area (Å²) in [6, 6.07) is 11.4. The van der Waals surface area contributed by atoms with Crippen molar-refractivity contribution < 1.29 is 4.11 Å². The van der Waals surface area contributed by atoms with Gasteiger partial charge >= 0.3 is 120 Å². The maximum atomic E-state index is 7.81. The summed E-state index contributed by atoms with van der Waals surface area (Å²) in [4.78, 5) is 4.49. The SMILES string of the molecule is [2H]C([2H])([2H])c1cc(-c2ccccc2)nc[c]1[Ge][C](C)(C)C. The van der Waals surface area contributed by atoms with Crippen LogP contribution in [0.5, 0.6) is 0 Å². The molecule has 1 nitrogen and oxygen atoms in total. The van der Waals surface area contributed by atoms with Gasteiger partial charge in [-0.3, -0.25) is 0 Å². The minimum atomic E-state index is -2.09. The molecule has 2 radical (unpaired) electrons. The molecule has 2 rings (SSSR count). The number of nitrogens with zero attached hydrogens (tertiary/aromatic N) is 1. The van der Waals surface area contributed by atoms with E-state index in [2.05, 4.69) is 25.8 Å². The van der Waals surface area contributed by atoms with Gasteiger partial charge in [0, 0.05) is 0 Å². The number of hydrogen-bond donors (Lipinski definition) is 0. The van der Waals surface area contributed by atoms with Crippen molar-refractivity contribution in [1.29, 1.82) is 0 Å². The Balaban J connectivity index is 2.50. The molecule has 0 aliphatic heterocycles. The molecule has 0 fully saturated rings. The van der Waals surface area contributed by atoms with Crippen molar-refractivity contribution in [2.75, 3.05) is 0 Å². The van der Waals surface area contributed by atoms with Crippen molar-refractivity contribution in [2.45, 2.75) is 31.9 Å². The fourth-order valence-corrected chi connectivity index (χ4v) is 4.13. The van der Waals surface area contributed by atoms with Crippen LogP contribution in [-0.4, -0.2) is 20.4 Å². The van der Waals surface area contributed by atoms with E-state index in [0.717, 1.165) is 15.7 Å². The summed E-state index contributed by atoms with van der Waals surface area (Å²) in [7, 11) is 0. The summed E-state index contributed by atoms with van der Waals surface area (Å²) in [5.74, 6) is 0. The van der Waals surface area contributed by atoms with Crippen LogP contribution in [0.3, 0.4) is 0 Å². The maximum absolute atomic E-state index is 7.81. The molecule has 1 heterocycles.